The van der Waals surface area contributed by atoms with E-state index >= 15 is 0 Å². The molecule has 7 aromatic rings. The summed E-state index contributed by atoms with van der Waals surface area (Å²) in [4.78, 5) is 22.2. The summed E-state index contributed by atoms with van der Waals surface area (Å²) in [5.41, 5.74) is 8.58. The van der Waals surface area contributed by atoms with Gasteiger partial charge < -0.3 is 5.11 Å². The van der Waals surface area contributed by atoms with Crippen molar-refractivity contribution in [3.63, 3.8) is 0 Å². The minimum Gasteiger partial charge on any atom is -0.507 e. The van der Waals surface area contributed by atoms with Gasteiger partial charge in [-0.2, -0.15) is 0 Å². The Labute approximate surface area is 287 Å². The van der Waals surface area contributed by atoms with Crippen molar-refractivity contribution in [2.45, 2.75) is 47.0 Å². The van der Waals surface area contributed by atoms with Crippen molar-refractivity contribution < 1.29 is 5.11 Å². The number of fused-ring (bicyclic) bond motifs is 1. The van der Waals surface area contributed by atoms with Gasteiger partial charge in [-0.1, -0.05) is 93.1 Å². The molecule has 6 heteroatoms. The number of phenols is 1. The summed E-state index contributed by atoms with van der Waals surface area (Å²) in [6, 6.07) is 38.8. The highest BCUT2D eigenvalue weighted by Gasteiger charge is 2.24. The van der Waals surface area contributed by atoms with Crippen LogP contribution in [-0.2, 0) is 5.41 Å². The van der Waals surface area contributed by atoms with Gasteiger partial charge in [-0.15, -0.1) is 0 Å². The second kappa shape index (κ2) is 12.6. The van der Waals surface area contributed by atoms with Gasteiger partial charge in [0.15, 0.2) is 17.5 Å². The highest BCUT2D eigenvalue weighted by molar-refractivity contribution is 5.98. The highest BCUT2D eigenvalue weighted by Crippen LogP contribution is 2.42. The lowest BCUT2D eigenvalue weighted by atomic mass is 9.85. The first-order valence-corrected chi connectivity index (χ1v) is 16.5. The summed E-state index contributed by atoms with van der Waals surface area (Å²) in [5.74, 6) is 2.42. The molecule has 0 atom stereocenters. The van der Waals surface area contributed by atoms with E-state index in [1.807, 2.05) is 36.5 Å². The van der Waals surface area contributed by atoms with Gasteiger partial charge in [0.2, 0.25) is 0 Å². The van der Waals surface area contributed by atoms with Crippen molar-refractivity contribution in [3.8, 4) is 39.9 Å². The summed E-state index contributed by atoms with van der Waals surface area (Å²) >= 11 is 0. The van der Waals surface area contributed by atoms with E-state index in [0.29, 0.717) is 23.0 Å². The number of para-hydroxylation sites is 1. The Balaban J connectivity index is 1.52. The number of rotatable bonds is 6. The summed E-state index contributed by atoms with van der Waals surface area (Å²) < 4.78 is 0. The fourth-order valence-corrected chi connectivity index (χ4v) is 6.52. The van der Waals surface area contributed by atoms with Crippen LogP contribution >= 0.6 is 0 Å². The fourth-order valence-electron chi connectivity index (χ4n) is 6.52. The molecular formula is C43H39N5O. The number of aromatic nitrogens is 4. The van der Waals surface area contributed by atoms with Crippen LogP contribution in [0.4, 0.5) is 17.2 Å². The van der Waals surface area contributed by atoms with Gasteiger partial charge in [-0.05, 0) is 96.8 Å². The molecule has 0 fully saturated rings. The number of hydrogen-bond acceptors (Lipinski definition) is 6. The zero-order chi connectivity index (χ0) is 34.3. The van der Waals surface area contributed by atoms with Gasteiger partial charge in [-0.3, -0.25) is 4.90 Å². The molecule has 2 heterocycles. The number of benzene rings is 5. The summed E-state index contributed by atoms with van der Waals surface area (Å²) in [6.45, 7) is 12.9. The number of aryl methyl sites for hydroxylation is 3. The lowest BCUT2D eigenvalue weighted by Crippen LogP contribution is -2.16. The van der Waals surface area contributed by atoms with E-state index in [2.05, 4.69) is 119 Å². The topological polar surface area (TPSA) is 75.0 Å². The fraction of sp³-hybridized carbons (Fsp3) is 0.163. The molecule has 2 aromatic heterocycles. The van der Waals surface area contributed by atoms with Gasteiger partial charge in [0.05, 0.1) is 11.3 Å². The van der Waals surface area contributed by atoms with Crippen LogP contribution in [0.15, 0.2) is 121 Å². The molecule has 7 rings (SSSR count). The second-order valence-corrected chi connectivity index (χ2v) is 13.6. The average molecular weight is 642 g/mol. The van der Waals surface area contributed by atoms with Gasteiger partial charge in [0.25, 0.3) is 0 Å². The van der Waals surface area contributed by atoms with Crippen LogP contribution in [0.5, 0.6) is 5.75 Å². The molecule has 0 aliphatic carbocycles. The van der Waals surface area contributed by atoms with Crippen LogP contribution in [0.1, 0.15) is 43.0 Å². The van der Waals surface area contributed by atoms with E-state index in [1.54, 1.807) is 12.1 Å². The molecule has 49 heavy (non-hydrogen) atoms. The van der Waals surface area contributed by atoms with E-state index in [1.165, 1.54) is 5.56 Å². The molecule has 0 radical (unpaired) electrons. The zero-order valence-corrected chi connectivity index (χ0v) is 28.7. The van der Waals surface area contributed by atoms with Crippen LogP contribution in [-0.4, -0.2) is 25.0 Å². The number of nitrogens with zero attached hydrogens (tertiary/aromatic N) is 5. The van der Waals surface area contributed by atoms with Crippen LogP contribution in [0.3, 0.4) is 0 Å². The number of hydrogen-bond donors (Lipinski definition) is 1. The third-order valence-corrected chi connectivity index (χ3v) is 8.87. The van der Waals surface area contributed by atoms with Crippen molar-refractivity contribution in [1.82, 2.24) is 19.9 Å². The molecule has 5 aromatic carbocycles. The summed E-state index contributed by atoms with van der Waals surface area (Å²) in [6.07, 6.45) is 1.82. The maximum atomic E-state index is 10.9. The molecular weight excluding hydrogens is 603 g/mol. The molecule has 242 valence electrons. The maximum absolute atomic E-state index is 10.9. The van der Waals surface area contributed by atoms with E-state index in [0.717, 1.165) is 55.8 Å². The van der Waals surface area contributed by atoms with Crippen molar-refractivity contribution in [2.24, 2.45) is 0 Å². The van der Waals surface area contributed by atoms with Crippen molar-refractivity contribution in [3.05, 3.63) is 144 Å². The molecule has 0 unspecified atom stereocenters. The number of phenolic OH excluding ortho intramolecular Hbond substituents is 1. The Morgan fingerprint density at radius 3 is 2.04 bits per heavy atom. The van der Waals surface area contributed by atoms with Crippen molar-refractivity contribution in [1.29, 1.82) is 0 Å². The van der Waals surface area contributed by atoms with E-state index < -0.39 is 0 Å². The standard InChI is InChI=1S/C43H39N5O/c1-27-22-28(2)39(29(3)23-27)42-46-40(45-41(47-42)35-17-9-10-19-37(35)49)31-24-32(43(4,5)6)26-33(25-31)48(38-20-11-12-21-44-38)36-18-13-15-30-14-7-8-16-34(30)36/h7-26,49H,1-6H3. The largest absolute Gasteiger partial charge is 0.507 e. The third-order valence-electron chi connectivity index (χ3n) is 8.87. The maximum Gasteiger partial charge on any atom is 0.167 e. The summed E-state index contributed by atoms with van der Waals surface area (Å²) in [5, 5.41) is 13.2. The number of aromatic hydroxyl groups is 1. The van der Waals surface area contributed by atoms with Crippen molar-refractivity contribution >= 4 is 28.0 Å². The van der Waals surface area contributed by atoms with Gasteiger partial charge in [-0.25, -0.2) is 19.9 Å². The molecule has 0 saturated carbocycles. The second-order valence-electron chi connectivity index (χ2n) is 13.6. The van der Waals surface area contributed by atoms with E-state index in [4.69, 9.17) is 19.9 Å². The SMILES string of the molecule is Cc1cc(C)c(-c2nc(-c3cc(N(c4ccccn4)c4cccc5ccccc45)cc(C(C)(C)C)c3)nc(-c3ccccc3O)n2)c(C)c1. The van der Waals surface area contributed by atoms with Crippen LogP contribution in [0, 0.1) is 20.8 Å². The van der Waals surface area contributed by atoms with Gasteiger partial charge in [0.1, 0.15) is 11.6 Å². The molecule has 0 aliphatic heterocycles. The Kier molecular flexibility index (Phi) is 8.17. The van der Waals surface area contributed by atoms with E-state index in [9.17, 15) is 5.11 Å². The predicted molar refractivity (Wildman–Crippen MR) is 201 cm³/mol. The molecule has 0 aliphatic rings. The smallest absolute Gasteiger partial charge is 0.167 e. The van der Waals surface area contributed by atoms with Crippen molar-refractivity contribution in [2.75, 3.05) is 4.90 Å². The molecule has 0 saturated heterocycles. The third kappa shape index (κ3) is 6.25. The first-order chi connectivity index (χ1) is 23.6. The Morgan fingerprint density at radius 1 is 0.633 bits per heavy atom. The lowest BCUT2D eigenvalue weighted by molar-refractivity contribution is 0.477. The highest BCUT2D eigenvalue weighted by atomic mass is 16.3. The number of anilines is 3. The van der Waals surface area contributed by atoms with Crippen LogP contribution in [0.25, 0.3) is 44.9 Å². The van der Waals surface area contributed by atoms with Crippen LogP contribution < -0.4 is 4.90 Å². The lowest BCUT2D eigenvalue weighted by Gasteiger charge is -2.29. The zero-order valence-electron chi connectivity index (χ0n) is 28.7. The molecule has 0 spiro atoms. The first kappa shape index (κ1) is 31.7. The van der Waals surface area contributed by atoms with E-state index in [-0.39, 0.29) is 11.2 Å². The van der Waals surface area contributed by atoms with Gasteiger partial charge in [0, 0.05) is 28.4 Å². The number of pyridine rings is 1. The Hall–Kier alpha value is -5.88. The summed E-state index contributed by atoms with van der Waals surface area (Å²) in [7, 11) is 0. The normalized spacial score (nSPS) is 11.6. The Morgan fingerprint density at radius 2 is 1.31 bits per heavy atom. The average Bonchev–Trinajstić information content (AvgIpc) is 3.08. The molecule has 0 bridgehead atoms. The Bertz CT molecular complexity index is 2300. The minimum atomic E-state index is -0.195. The van der Waals surface area contributed by atoms with Gasteiger partial charge >= 0.3 is 0 Å². The van der Waals surface area contributed by atoms with Crippen LogP contribution in [0.2, 0.25) is 0 Å². The first-order valence-electron chi connectivity index (χ1n) is 16.5. The minimum absolute atomic E-state index is 0.115. The quantitative estimate of drug-likeness (QED) is 0.195. The molecule has 6 nitrogen and oxygen atoms in total. The monoisotopic (exact) mass is 641 g/mol. The molecule has 0 amide bonds. The predicted octanol–water partition coefficient (Wildman–Crippen LogP) is 10.8. The molecule has 1 N–H and O–H groups in total.